The molecule has 0 radical (unpaired) electrons. The Hall–Kier alpha value is -2.69. The van der Waals surface area contributed by atoms with Crippen LogP contribution in [0.4, 0.5) is 5.69 Å². The predicted molar refractivity (Wildman–Crippen MR) is 73.1 cm³/mol. The number of fused-ring (bicyclic) bond motifs is 1. The minimum Gasteiger partial charge on any atom is -0.495 e. The van der Waals surface area contributed by atoms with Crippen molar-refractivity contribution in [1.29, 1.82) is 0 Å². The molecule has 100 valence electrons. The van der Waals surface area contributed by atoms with Gasteiger partial charge >= 0.3 is 0 Å². The van der Waals surface area contributed by atoms with E-state index in [1.165, 1.54) is 19.5 Å². The fraction of sp³-hybridized carbons (Fsp3) is 0.133. The fourth-order valence-corrected chi connectivity index (χ4v) is 2.28. The van der Waals surface area contributed by atoms with Crippen LogP contribution in [0, 0.1) is 6.92 Å². The van der Waals surface area contributed by atoms with Gasteiger partial charge in [0.25, 0.3) is 11.8 Å². The van der Waals surface area contributed by atoms with Crippen LogP contribution >= 0.6 is 0 Å². The van der Waals surface area contributed by atoms with Gasteiger partial charge in [0, 0.05) is 12.4 Å². The van der Waals surface area contributed by atoms with Crippen molar-refractivity contribution >= 4 is 17.5 Å². The number of imide groups is 1. The van der Waals surface area contributed by atoms with Crippen LogP contribution in [0.15, 0.2) is 36.7 Å². The van der Waals surface area contributed by atoms with E-state index in [1.54, 1.807) is 18.2 Å². The molecule has 0 bridgehead atoms. The molecule has 1 aliphatic rings. The zero-order valence-corrected chi connectivity index (χ0v) is 11.1. The third-order valence-electron chi connectivity index (χ3n) is 3.26. The highest BCUT2D eigenvalue weighted by Gasteiger charge is 2.38. The molecule has 1 aliphatic heterocycles. The van der Waals surface area contributed by atoms with Gasteiger partial charge in [0.05, 0.1) is 23.9 Å². The van der Waals surface area contributed by atoms with Gasteiger partial charge in [-0.2, -0.15) is 0 Å². The monoisotopic (exact) mass is 268 g/mol. The second kappa shape index (κ2) is 4.45. The fourth-order valence-electron chi connectivity index (χ4n) is 2.28. The number of hydrogen-bond donors (Lipinski definition) is 0. The highest BCUT2D eigenvalue weighted by Crippen LogP contribution is 2.35. The molecule has 2 amide bonds. The number of nitrogens with zero attached hydrogens (tertiary/aromatic N) is 2. The summed E-state index contributed by atoms with van der Waals surface area (Å²) in [5, 5.41) is 0. The van der Waals surface area contributed by atoms with Crippen LogP contribution in [0.3, 0.4) is 0 Å². The van der Waals surface area contributed by atoms with Gasteiger partial charge < -0.3 is 4.74 Å². The first kappa shape index (κ1) is 12.3. The van der Waals surface area contributed by atoms with E-state index in [1.807, 2.05) is 13.0 Å². The van der Waals surface area contributed by atoms with E-state index in [0.29, 0.717) is 22.6 Å². The summed E-state index contributed by atoms with van der Waals surface area (Å²) in [4.78, 5) is 29.8. The Bertz CT molecular complexity index is 690. The summed E-state index contributed by atoms with van der Waals surface area (Å²) in [5.74, 6) is -0.239. The van der Waals surface area contributed by atoms with Crippen molar-refractivity contribution in [3.63, 3.8) is 0 Å². The summed E-state index contributed by atoms with van der Waals surface area (Å²) in [6, 6.07) is 6.92. The van der Waals surface area contributed by atoms with E-state index in [9.17, 15) is 9.59 Å². The number of aryl methyl sites for hydroxylation is 1. The van der Waals surface area contributed by atoms with E-state index >= 15 is 0 Å². The number of hydrogen-bond acceptors (Lipinski definition) is 4. The van der Waals surface area contributed by atoms with E-state index in [-0.39, 0.29) is 11.8 Å². The lowest BCUT2D eigenvalue weighted by Crippen LogP contribution is -2.29. The Morgan fingerprint density at radius 3 is 2.55 bits per heavy atom. The smallest absolute Gasteiger partial charge is 0.267 e. The standard InChI is InChI=1S/C15H12N2O3/c1-9-3-4-13(20-2)12(7-9)17-14(18)10-5-6-16-8-11(10)15(17)19/h3-8H,1-2H3. The van der Waals surface area contributed by atoms with Gasteiger partial charge in [-0.3, -0.25) is 14.6 Å². The van der Waals surface area contributed by atoms with E-state index < -0.39 is 0 Å². The molecule has 1 aromatic heterocycles. The van der Waals surface area contributed by atoms with Crippen molar-refractivity contribution in [2.75, 3.05) is 12.0 Å². The van der Waals surface area contributed by atoms with Crippen molar-refractivity contribution in [3.05, 3.63) is 53.3 Å². The lowest BCUT2D eigenvalue weighted by atomic mass is 10.2. The first-order chi connectivity index (χ1) is 9.63. The second-order valence-electron chi connectivity index (χ2n) is 4.54. The number of benzene rings is 1. The van der Waals surface area contributed by atoms with Gasteiger partial charge in [-0.25, -0.2) is 4.90 Å². The average Bonchev–Trinajstić information content (AvgIpc) is 2.71. The minimum absolute atomic E-state index is 0.320. The number of rotatable bonds is 2. The number of carbonyl (C=O) groups is 2. The number of anilines is 1. The molecule has 0 fully saturated rings. The molecule has 0 atom stereocenters. The summed E-state index contributed by atoms with van der Waals surface area (Å²) in [7, 11) is 1.51. The van der Waals surface area contributed by atoms with Gasteiger partial charge in [0.15, 0.2) is 0 Å². The van der Waals surface area contributed by atoms with Crippen LogP contribution in [0.2, 0.25) is 0 Å². The lowest BCUT2D eigenvalue weighted by molar-refractivity contribution is 0.0925. The van der Waals surface area contributed by atoms with Crippen LogP contribution < -0.4 is 9.64 Å². The van der Waals surface area contributed by atoms with Gasteiger partial charge in [-0.05, 0) is 30.7 Å². The molecule has 3 rings (SSSR count). The summed E-state index contributed by atoms with van der Waals surface area (Å²) >= 11 is 0. The number of aromatic nitrogens is 1. The number of methoxy groups -OCH3 is 1. The van der Waals surface area contributed by atoms with Crippen molar-refractivity contribution in [3.8, 4) is 5.75 Å². The number of ether oxygens (including phenoxy) is 1. The molecule has 1 aromatic carbocycles. The molecular formula is C15H12N2O3. The maximum absolute atomic E-state index is 12.4. The number of pyridine rings is 1. The highest BCUT2D eigenvalue weighted by atomic mass is 16.5. The highest BCUT2D eigenvalue weighted by molar-refractivity contribution is 6.34. The van der Waals surface area contributed by atoms with Crippen molar-refractivity contribution in [1.82, 2.24) is 4.98 Å². The Balaban J connectivity index is 2.16. The first-order valence-electron chi connectivity index (χ1n) is 6.11. The number of amides is 2. The van der Waals surface area contributed by atoms with Crippen LogP contribution in [-0.4, -0.2) is 23.9 Å². The molecule has 2 heterocycles. The largest absolute Gasteiger partial charge is 0.495 e. The molecule has 5 heteroatoms. The van der Waals surface area contributed by atoms with Crippen LogP contribution in [-0.2, 0) is 0 Å². The van der Waals surface area contributed by atoms with Crippen molar-refractivity contribution in [2.45, 2.75) is 6.92 Å². The molecule has 0 spiro atoms. The van der Waals surface area contributed by atoms with Crippen LogP contribution in [0.1, 0.15) is 26.3 Å². The van der Waals surface area contributed by atoms with E-state index in [4.69, 9.17) is 4.74 Å². The van der Waals surface area contributed by atoms with Gasteiger partial charge in [-0.15, -0.1) is 0 Å². The molecule has 0 unspecified atom stereocenters. The molecular weight excluding hydrogens is 256 g/mol. The minimum atomic E-state index is -0.373. The molecule has 2 aromatic rings. The Labute approximate surface area is 115 Å². The van der Waals surface area contributed by atoms with Gasteiger partial charge in [0.2, 0.25) is 0 Å². The molecule has 20 heavy (non-hydrogen) atoms. The first-order valence-corrected chi connectivity index (χ1v) is 6.11. The summed E-state index contributed by atoms with van der Waals surface area (Å²) in [5.41, 5.74) is 2.09. The molecule has 5 nitrogen and oxygen atoms in total. The lowest BCUT2D eigenvalue weighted by Gasteiger charge is -2.17. The van der Waals surface area contributed by atoms with Gasteiger partial charge in [-0.1, -0.05) is 6.07 Å². The van der Waals surface area contributed by atoms with E-state index in [2.05, 4.69) is 4.98 Å². The summed E-state index contributed by atoms with van der Waals surface area (Å²) in [6.07, 6.45) is 2.92. The molecule has 0 N–H and O–H groups in total. The zero-order chi connectivity index (χ0) is 14.3. The van der Waals surface area contributed by atoms with Crippen molar-refractivity contribution in [2.24, 2.45) is 0 Å². The Morgan fingerprint density at radius 2 is 1.85 bits per heavy atom. The molecule has 0 saturated heterocycles. The SMILES string of the molecule is COc1ccc(C)cc1N1C(=O)c2ccncc2C1=O. The topological polar surface area (TPSA) is 59.5 Å². The number of carbonyl (C=O) groups excluding carboxylic acids is 2. The quantitative estimate of drug-likeness (QED) is 0.783. The predicted octanol–water partition coefficient (Wildman–Crippen LogP) is 2.20. The second-order valence-corrected chi connectivity index (χ2v) is 4.54. The maximum atomic E-state index is 12.4. The van der Waals surface area contributed by atoms with Crippen LogP contribution in [0.25, 0.3) is 0 Å². The average molecular weight is 268 g/mol. The summed E-state index contributed by atoms with van der Waals surface area (Å²) in [6.45, 7) is 1.89. The van der Waals surface area contributed by atoms with Gasteiger partial charge in [0.1, 0.15) is 5.75 Å². The molecule has 0 aliphatic carbocycles. The zero-order valence-electron chi connectivity index (χ0n) is 11.1. The maximum Gasteiger partial charge on any atom is 0.267 e. The summed E-state index contributed by atoms with van der Waals surface area (Å²) < 4.78 is 5.25. The molecule has 0 saturated carbocycles. The Kier molecular flexibility index (Phi) is 2.75. The van der Waals surface area contributed by atoms with Crippen LogP contribution in [0.5, 0.6) is 5.75 Å². The van der Waals surface area contributed by atoms with E-state index in [0.717, 1.165) is 10.5 Å². The van der Waals surface area contributed by atoms with Crippen molar-refractivity contribution < 1.29 is 14.3 Å². The third-order valence-corrected chi connectivity index (χ3v) is 3.26. The Morgan fingerprint density at radius 1 is 1.10 bits per heavy atom. The normalized spacial score (nSPS) is 13.6. The third kappa shape index (κ3) is 1.67.